The lowest BCUT2D eigenvalue weighted by Gasteiger charge is -2.33. The van der Waals surface area contributed by atoms with Crippen LogP contribution in [0.1, 0.15) is 0 Å². The van der Waals surface area contributed by atoms with E-state index in [0.717, 1.165) is 43.1 Å². The van der Waals surface area contributed by atoms with Crippen LogP contribution in [-0.4, -0.2) is 78.4 Å². The number of rotatable bonds is 4. The van der Waals surface area contributed by atoms with Gasteiger partial charge in [-0.15, -0.1) is 5.10 Å². The van der Waals surface area contributed by atoms with Crippen LogP contribution < -0.4 is 4.90 Å². The maximum absolute atomic E-state index is 12.4. The predicted molar refractivity (Wildman–Crippen MR) is 106 cm³/mol. The summed E-state index contributed by atoms with van der Waals surface area (Å²) >= 11 is 0. The van der Waals surface area contributed by atoms with Crippen molar-refractivity contribution in [3.8, 4) is 22.5 Å². The molecule has 4 rings (SSSR count). The molecule has 0 unspecified atom stereocenters. The smallest absolute Gasteiger partial charge is 0.181 e. The monoisotopic (exact) mass is 399 g/mol. The molecular formula is C18H21N7O2S. The molecule has 1 aliphatic heterocycles. The molecule has 3 heterocycles. The first-order chi connectivity index (χ1) is 13.4. The van der Waals surface area contributed by atoms with Gasteiger partial charge in [0.2, 0.25) is 0 Å². The zero-order valence-corrected chi connectivity index (χ0v) is 16.5. The van der Waals surface area contributed by atoms with Crippen LogP contribution >= 0.6 is 0 Å². The molecular weight excluding hydrogens is 378 g/mol. The first kappa shape index (κ1) is 18.5. The second-order valence-electron chi connectivity index (χ2n) is 6.89. The van der Waals surface area contributed by atoms with E-state index in [1.54, 1.807) is 18.3 Å². The number of anilines is 1. The Morgan fingerprint density at radius 1 is 1.11 bits per heavy atom. The molecule has 1 fully saturated rings. The summed E-state index contributed by atoms with van der Waals surface area (Å²) in [7, 11) is -1.37. The summed E-state index contributed by atoms with van der Waals surface area (Å²) in [5.41, 5.74) is 2.06. The molecule has 0 amide bonds. The number of likely N-dealkylation sites (N-methyl/N-ethyl adjacent to an activating group) is 1. The first-order valence-corrected chi connectivity index (χ1v) is 10.8. The Bertz CT molecular complexity index is 1080. The average molecular weight is 399 g/mol. The van der Waals surface area contributed by atoms with Gasteiger partial charge in [-0.2, -0.15) is 0 Å². The summed E-state index contributed by atoms with van der Waals surface area (Å²) in [6.07, 6.45) is 2.93. The van der Waals surface area contributed by atoms with Crippen molar-refractivity contribution >= 4 is 15.7 Å². The number of aromatic amines is 1. The molecule has 3 aromatic rings. The summed E-state index contributed by atoms with van der Waals surface area (Å²) < 4.78 is 24.7. The number of pyridine rings is 1. The Morgan fingerprint density at radius 3 is 2.57 bits per heavy atom. The van der Waals surface area contributed by atoms with E-state index in [1.807, 2.05) is 18.2 Å². The van der Waals surface area contributed by atoms with Gasteiger partial charge in [-0.05, 0) is 46.8 Å². The fourth-order valence-corrected chi connectivity index (χ4v) is 4.29. The molecule has 9 nitrogen and oxygen atoms in total. The van der Waals surface area contributed by atoms with Gasteiger partial charge in [0.25, 0.3) is 0 Å². The predicted octanol–water partition coefficient (Wildman–Crippen LogP) is 1.08. The number of benzene rings is 1. The van der Waals surface area contributed by atoms with Crippen molar-refractivity contribution in [2.24, 2.45) is 0 Å². The topological polar surface area (TPSA) is 108 Å². The molecule has 0 atom stereocenters. The molecule has 1 N–H and O–H groups in total. The van der Waals surface area contributed by atoms with Gasteiger partial charge in [0.1, 0.15) is 5.82 Å². The summed E-state index contributed by atoms with van der Waals surface area (Å²) in [6.45, 7) is 3.75. The molecule has 0 aliphatic carbocycles. The van der Waals surface area contributed by atoms with Crippen molar-refractivity contribution in [2.75, 3.05) is 44.4 Å². The zero-order chi connectivity index (χ0) is 19.7. The SMILES string of the molecule is CN1CCN(c2cc(-c3cccc(S(C)(=O)=O)c3-c3nnn[nH]3)ccn2)CC1. The van der Waals surface area contributed by atoms with Crippen LogP contribution in [0.3, 0.4) is 0 Å². The third-order valence-corrected chi connectivity index (χ3v) is 6.03. The van der Waals surface area contributed by atoms with E-state index in [-0.39, 0.29) is 4.90 Å². The molecule has 0 saturated carbocycles. The minimum atomic E-state index is -3.47. The van der Waals surface area contributed by atoms with Crippen molar-refractivity contribution in [3.63, 3.8) is 0 Å². The van der Waals surface area contributed by atoms with E-state index in [1.165, 1.54) is 6.26 Å². The third-order valence-electron chi connectivity index (χ3n) is 4.89. The van der Waals surface area contributed by atoms with E-state index in [2.05, 4.69) is 42.5 Å². The highest BCUT2D eigenvalue weighted by molar-refractivity contribution is 7.90. The van der Waals surface area contributed by atoms with Crippen molar-refractivity contribution < 1.29 is 8.42 Å². The van der Waals surface area contributed by atoms with Gasteiger partial charge in [-0.3, -0.25) is 0 Å². The van der Waals surface area contributed by atoms with E-state index < -0.39 is 9.84 Å². The summed E-state index contributed by atoms with van der Waals surface area (Å²) in [6, 6.07) is 9.03. The fraction of sp³-hybridized carbons (Fsp3) is 0.333. The van der Waals surface area contributed by atoms with Crippen molar-refractivity contribution in [2.45, 2.75) is 4.90 Å². The molecule has 2 aromatic heterocycles. The van der Waals surface area contributed by atoms with Crippen LogP contribution in [0.25, 0.3) is 22.5 Å². The van der Waals surface area contributed by atoms with Crippen LogP contribution in [-0.2, 0) is 9.84 Å². The molecule has 0 spiro atoms. The summed E-state index contributed by atoms with van der Waals surface area (Å²) in [4.78, 5) is 9.22. The minimum absolute atomic E-state index is 0.182. The van der Waals surface area contributed by atoms with Gasteiger partial charge in [0.05, 0.1) is 4.90 Å². The van der Waals surface area contributed by atoms with Gasteiger partial charge in [-0.1, -0.05) is 12.1 Å². The van der Waals surface area contributed by atoms with Crippen LogP contribution in [0.15, 0.2) is 41.4 Å². The lowest BCUT2D eigenvalue weighted by atomic mass is 9.99. The Balaban J connectivity index is 1.83. The molecule has 10 heteroatoms. The van der Waals surface area contributed by atoms with Gasteiger partial charge < -0.3 is 9.80 Å². The van der Waals surface area contributed by atoms with Gasteiger partial charge in [0.15, 0.2) is 15.7 Å². The number of piperazine rings is 1. The third kappa shape index (κ3) is 3.60. The number of hydrogen-bond donors (Lipinski definition) is 1. The molecule has 146 valence electrons. The molecule has 0 bridgehead atoms. The quantitative estimate of drug-likeness (QED) is 0.694. The highest BCUT2D eigenvalue weighted by Gasteiger charge is 2.22. The van der Waals surface area contributed by atoms with E-state index in [4.69, 9.17) is 0 Å². The number of aromatic nitrogens is 5. The lowest BCUT2D eigenvalue weighted by Crippen LogP contribution is -2.44. The minimum Gasteiger partial charge on any atom is -0.354 e. The number of sulfone groups is 1. The number of hydrogen-bond acceptors (Lipinski definition) is 8. The Hall–Kier alpha value is -2.85. The number of nitrogens with one attached hydrogen (secondary N) is 1. The maximum Gasteiger partial charge on any atom is 0.181 e. The van der Waals surface area contributed by atoms with E-state index >= 15 is 0 Å². The van der Waals surface area contributed by atoms with Crippen LogP contribution in [0.2, 0.25) is 0 Å². The Kier molecular flexibility index (Phi) is 4.82. The second-order valence-corrected chi connectivity index (χ2v) is 8.88. The van der Waals surface area contributed by atoms with Crippen molar-refractivity contribution in [3.05, 3.63) is 36.5 Å². The molecule has 28 heavy (non-hydrogen) atoms. The Morgan fingerprint density at radius 2 is 1.89 bits per heavy atom. The molecule has 1 saturated heterocycles. The highest BCUT2D eigenvalue weighted by Crippen LogP contribution is 2.36. The molecule has 1 aromatic carbocycles. The second kappa shape index (κ2) is 7.28. The molecule has 1 aliphatic rings. The van der Waals surface area contributed by atoms with Gasteiger partial charge >= 0.3 is 0 Å². The summed E-state index contributed by atoms with van der Waals surface area (Å²) in [5.74, 6) is 1.19. The normalized spacial score (nSPS) is 15.7. The maximum atomic E-state index is 12.4. The average Bonchev–Trinajstić information content (AvgIpc) is 3.22. The van der Waals surface area contributed by atoms with Crippen LogP contribution in [0, 0.1) is 0 Å². The van der Waals surface area contributed by atoms with Crippen LogP contribution in [0.5, 0.6) is 0 Å². The van der Waals surface area contributed by atoms with Crippen molar-refractivity contribution in [1.82, 2.24) is 30.5 Å². The standard InChI is InChI=1S/C18H21N7O2S/c1-24-8-10-25(11-9-24)16-12-13(6-7-19-16)14-4-3-5-15(28(2,26)27)17(14)18-20-22-23-21-18/h3-7,12H,8-11H2,1-2H3,(H,20,21,22,23). The number of tetrazole rings is 1. The molecule has 0 radical (unpaired) electrons. The van der Waals surface area contributed by atoms with E-state index in [0.29, 0.717) is 11.4 Å². The highest BCUT2D eigenvalue weighted by atomic mass is 32.2. The van der Waals surface area contributed by atoms with E-state index in [9.17, 15) is 8.42 Å². The number of H-pyrrole nitrogens is 1. The fourth-order valence-electron chi connectivity index (χ4n) is 3.38. The first-order valence-electron chi connectivity index (χ1n) is 8.90. The number of nitrogens with zero attached hydrogens (tertiary/aromatic N) is 6. The van der Waals surface area contributed by atoms with Crippen LogP contribution in [0.4, 0.5) is 5.82 Å². The zero-order valence-electron chi connectivity index (χ0n) is 15.7. The Labute approximate surface area is 163 Å². The van der Waals surface area contributed by atoms with Crippen molar-refractivity contribution in [1.29, 1.82) is 0 Å². The van der Waals surface area contributed by atoms with Gasteiger partial charge in [0, 0.05) is 44.2 Å². The lowest BCUT2D eigenvalue weighted by molar-refractivity contribution is 0.312. The van der Waals surface area contributed by atoms with Gasteiger partial charge in [-0.25, -0.2) is 18.5 Å². The summed E-state index contributed by atoms with van der Waals surface area (Å²) in [5, 5.41) is 13.9. The largest absolute Gasteiger partial charge is 0.354 e.